The van der Waals surface area contributed by atoms with Crippen molar-refractivity contribution in [3.8, 4) is 5.75 Å². The van der Waals surface area contributed by atoms with Crippen LogP contribution in [0.5, 0.6) is 5.75 Å². The zero-order valence-electron chi connectivity index (χ0n) is 11.1. The Balaban J connectivity index is 2.12. The molecular formula is C15H15N3O2. The maximum Gasteiger partial charge on any atom is 0.246 e. The van der Waals surface area contributed by atoms with Crippen LogP contribution in [0.2, 0.25) is 0 Å². The fourth-order valence-electron chi connectivity index (χ4n) is 2.22. The number of aliphatic imine (C=N–C) groups is 1. The molecule has 0 atom stereocenters. The van der Waals surface area contributed by atoms with Crippen molar-refractivity contribution in [1.82, 2.24) is 4.98 Å². The van der Waals surface area contributed by atoms with Gasteiger partial charge in [-0.15, -0.1) is 0 Å². The highest BCUT2D eigenvalue weighted by atomic mass is 16.5. The predicted molar refractivity (Wildman–Crippen MR) is 77.5 cm³/mol. The van der Waals surface area contributed by atoms with E-state index in [2.05, 4.69) is 15.3 Å². The van der Waals surface area contributed by atoms with Gasteiger partial charge in [0.05, 0.1) is 23.7 Å². The highest BCUT2D eigenvalue weighted by Crippen LogP contribution is 2.26. The monoisotopic (exact) mass is 269 g/mol. The number of rotatable bonds is 3. The number of hydrogen-bond acceptors (Lipinski definition) is 3. The Hall–Kier alpha value is -2.56. The van der Waals surface area contributed by atoms with Crippen molar-refractivity contribution in [1.29, 1.82) is 0 Å². The molecule has 1 aromatic heterocycles. The topological polar surface area (TPSA) is 66.5 Å². The third kappa shape index (κ3) is 2.30. The highest BCUT2D eigenvalue weighted by Gasteiger charge is 2.19. The number of nitrogens with one attached hydrogen (secondary N) is 2. The van der Waals surface area contributed by atoms with E-state index in [0.717, 1.165) is 28.4 Å². The third-order valence-electron chi connectivity index (χ3n) is 3.07. The molecule has 3 rings (SSSR count). The van der Waals surface area contributed by atoms with Crippen LogP contribution in [0.15, 0.2) is 41.5 Å². The molecule has 102 valence electrons. The van der Waals surface area contributed by atoms with Gasteiger partial charge in [0.15, 0.2) is 0 Å². The first-order chi connectivity index (χ1) is 9.78. The van der Waals surface area contributed by atoms with E-state index in [4.69, 9.17) is 4.74 Å². The van der Waals surface area contributed by atoms with Gasteiger partial charge in [-0.3, -0.25) is 9.79 Å². The molecule has 1 amide bonds. The quantitative estimate of drug-likeness (QED) is 0.897. The van der Waals surface area contributed by atoms with Crippen LogP contribution in [0.3, 0.4) is 0 Å². The Bertz CT molecular complexity index is 660. The molecule has 2 N–H and O–H groups in total. The van der Waals surface area contributed by atoms with Crippen LogP contribution >= 0.6 is 0 Å². The number of H-pyrrole nitrogens is 1. The summed E-state index contributed by atoms with van der Waals surface area (Å²) in [5.74, 6) is 0.652. The van der Waals surface area contributed by atoms with E-state index in [1.807, 2.05) is 43.5 Å². The summed E-state index contributed by atoms with van der Waals surface area (Å²) >= 11 is 0. The summed E-state index contributed by atoms with van der Waals surface area (Å²) in [6, 6.07) is 9.45. The number of aromatic amines is 1. The van der Waals surface area contributed by atoms with E-state index >= 15 is 0 Å². The van der Waals surface area contributed by atoms with Crippen LogP contribution in [-0.2, 0) is 4.79 Å². The van der Waals surface area contributed by atoms with Crippen molar-refractivity contribution < 1.29 is 9.53 Å². The summed E-state index contributed by atoms with van der Waals surface area (Å²) in [7, 11) is 0. The smallest absolute Gasteiger partial charge is 0.246 e. The molecule has 0 spiro atoms. The van der Waals surface area contributed by atoms with Gasteiger partial charge in [-0.1, -0.05) is 0 Å². The predicted octanol–water partition coefficient (Wildman–Crippen LogP) is 2.20. The second kappa shape index (κ2) is 5.21. The number of hydrogen-bond donors (Lipinski definition) is 2. The first-order valence-electron chi connectivity index (χ1n) is 6.53. The molecule has 20 heavy (non-hydrogen) atoms. The maximum absolute atomic E-state index is 11.7. The molecule has 0 bridgehead atoms. The molecule has 0 unspecified atom stereocenters. The van der Waals surface area contributed by atoms with Gasteiger partial charge in [-0.05, 0) is 37.3 Å². The third-order valence-corrected chi connectivity index (χ3v) is 3.07. The molecule has 1 aliphatic rings. The second-order valence-electron chi connectivity index (χ2n) is 4.44. The number of fused-ring (bicyclic) bond motifs is 1. The fraction of sp³-hybridized carbons (Fsp3) is 0.200. The number of anilines is 1. The number of nitrogens with zero attached hydrogens (tertiary/aromatic N) is 1. The molecule has 1 aromatic carbocycles. The summed E-state index contributed by atoms with van der Waals surface area (Å²) in [6.07, 6.45) is 1.84. The molecule has 5 heteroatoms. The summed E-state index contributed by atoms with van der Waals surface area (Å²) in [5, 5.41) is 2.86. The normalized spacial score (nSPS) is 14.1. The van der Waals surface area contributed by atoms with Gasteiger partial charge >= 0.3 is 0 Å². The lowest BCUT2D eigenvalue weighted by Gasteiger charge is -2.11. The van der Waals surface area contributed by atoms with Crippen molar-refractivity contribution >= 4 is 17.3 Å². The largest absolute Gasteiger partial charge is 0.494 e. The molecule has 2 heterocycles. The lowest BCUT2D eigenvalue weighted by atomic mass is 10.0. The van der Waals surface area contributed by atoms with Crippen molar-refractivity contribution in [2.75, 3.05) is 18.5 Å². The molecule has 0 radical (unpaired) electrons. The summed E-state index contributed by atoms with van der Waals surface area (Å²) in [5.41, 5.74) is 3.27. The number of benzodiazepines with no additional fused rings is 1. The molecule has 0 saturated carbocycles. The molecule has 0 saturated heterocycles. The van der Waals surface area contributed by atoms with Gasteiger partial charge in [-0.25, -0.2) is 0 Å². The average molecular weight is 269 g/mol. The van der Waals surface area contributed by atoms with Crippen LogP contribution < -0.4 is 10.1 Å². The maximum atomic E-state index is 11.7. The Morgan fingerprint density at radius 2 is 2.25 bits per heavy atom. The fourth-order valence-corrected chi connectivity index (χ4v) is 2.22. The van der Waals surface area contributed by atoms with Crippen LogP contribution in [0.1, 0.15) is 18.2 Å². The molecule has 1 aliphatic heterocycles. The molecular weight excluding hydrogens is 254 g/mol. The minimum atomic E-state index is -0.114. The number of benzene rings is 1. The number of carbonyl (C=O) groups excluding carboxylic acids is 1. The van der Waals surface area contributed by atoms with E-state index in [0.29, 0.717) is 6.61 Å². The zero-order valence-corrected chi connectivity index (χ0v) is 11.1. The minimum Gasteiger partial charge on any atom is -0.494 e. The average Bonchev–Trinajstić information content (AvgIpc) is 2.90. The Morgan fingerprint density at radius 1 is 1.35 bits per heavy atom. The van der Waals surface area contributed by atoms with Crippen LogP contribution in [0.4, 0.5) is 5.69 Å². The molecule has 0 fully saturated rings. The number of amides is 1. The SMILES string of the molecule is CCOc1ccc2c(c1)C(c1ccc[nH]1)=NCC(=O)N2. The lowest BCUT2D eigenvalue weighted by molar-refractivity contribution is -0.114. The van der Waals surface area contributed by atoms with Gasteiger partial charge in [0.2, 0.25) is 5.91 Å². The minimum absolute atomic E-state index is 0.114. The van der Waals surface area contributed by atoms with Gasteiger partial charge in [0, 0.05) is 11.8 Å². The molecule has 2 aromatic rings. The van der Waals surface area contributed by atoms with Gasteiger partial charge in [-0.2, -0.15) is 0 Å². The summed E-state index contributed by atoms with van der Waals surface area (Å²) in [6.45, 7) is 2.65. The van der Waals surface area contributed by atoms with Crippen molar-refractivity contribution in [3.63, 3.8) is 0 Å². The van der Waals surface area contributed by atoms with Crippen LogP contribution in [0, 0.1) is 0 Å². The second-order valence-corrected chi connectivity index (χ2v) is 4.44. The Kier molecular flexibility index (Phi) is 3.25. The van der Waals surface area contributed by atoms with Gasteiger partial charge < -0.3 is 15.0 Å². The summed E-state index contributed by atoms with van der Waals surface area (Å²) < 4.78 is 5.53. The molecule has 5 nitrogen and oxygen atoms in total. The van der Waals surface area contributed by atoms with Crippen molar-refractivity contribution in [2.24, 2.45) is 4.99 Å². The highest BCUT2D eigenvalue weighted by molar-refractivity contribution is 6.18. The van der Waals surface area contributed by atoms with E-state index in [-0.39, 0.29) is 12.5 Å². The first-order valence-corrected chi connectivity index (χ1v) is 6.53. The van der Waals surface area contributed by atoms with Gasteiger partial charge in [0.1, 0.15) is 12.3 Å². The first kappa shape index (κ1) is 12.5. The summed E-state index contributed by atoms with van der Waals surface area (Å²) in [4.78, 5) is 19.3. The van der Waals surface area contributed by atoms with Crippen LogP contribution in [-0.4, -0.2) is 29.8 Å². The molecule has 0 aliphatic carbocycles. The number of aromatic nitrogens is 1. The number of carbonyl (C=O) groups is 1. The van der Waals surface area contributed by atoms with E-state index < -0.39 is 0 Å². The van der Waals surface area contributed by atoms with E-state index in [9.17, 15) is 4.79 Å². The van der Waals surface area contributed by atoms with Crippen molar-refractivity contribution in [2.45, 2.75) is 6.92 Å². The standard InChI is InChI=1S/C15H15N3O2/c1-2-20-10-5-6-12-11(8-10)15(13-4-3-7-16-13)17-9-14(19)18-12/h3-8,16H,2,9H2,1H3,(H,18,19). The lowest BCUT2D eigenvalue weighted by Crippen LogP contribution is -2.13. The number of ether oxygens (including phenoxy) is 1. The van der Waals surface area contributed by atoms with Gasteiger partial charge in [0.25, 0.3) is 0 Å². The van der Waals surface area contributed by atoms with E-state index in [1.54, 1.807) is 0 Å². The van der Waals surface area contributed by atoms with Crippen LogP contribution in [0.25, 0.3) is 0 Å². The van der Waals surface area contributed by atoms with Crippen molar-refractivity contribution in [3.05, 3.63) is 47.8 Å². The zero-order chi connectivity index (χ0) is 13.9. The Morgan fingerprint density at radius 3 is 3.00 bits per heavy atom. The Labute approximate surface area is 116 Å². The van der Waals surface area contributed by atoms with E-state index in [1.165, 1.54) is 0 Å².